The minimum absolute atomic E-state index is 0.0886. The number of halogens is 1. The Bertz CT molecular complexity index is 464. The molecule has 0 radical (unpaired) electrons. The quantitative estimate of drug-likeness (QED) is 0.751. The average molecular weight is 357 g/mol. The van der Waals surface area contributed by atoms with E-state index >= 15 is 0 Å². The molecule has 0 heterocycles. The van der Waals surface area contributed by atoms with Gasteiger partial charge in [-0.25, -0.2) is 0 Å². The van der Waals surface area contributed by atoms with E-state index in [9.17, 15) is 4.79 Å². The van der Waals surface area contributed by atoms with Crippen LogP contribution in [-0.4, -0.2) is 24.6 Å². The van der Waals surface area contributed by atoms with E-state index in [1.807, 2.05) is 25.1 Å². The van der Waals surface area contributed by atoms with Crippen LogP contribution in [0, 0.1) is 0 Å². The van der Waals surface area contributed by atoms with Gasteiger partial charge in [-0.3, -0.25) is 4.79 Å². The Hall–Kier alpha value is -1.07. The lowest BCUT2D eigenvalue weighted by atomic mass is 10.2. The first-order valence-corrected chi connectivity index (χ1v) is 8.19. The molecule has 0 fully saturated rings. The highest BCUT2D eigenvalue weighted by molar-refractivity contribution is 9.10. The van der Waals surface area contributed by atoms with E-state index in [2.05, 4.69) is 40.4 Å². The number of rotatable bonds is 8. The molecule has 1 amide bonds. The fourth-order valence-electron chi connectivity index (χ4n) is 1.71. The zero-order valence-corrected chi connectivity index (χ0v) is 14.8. The Morgan fingerprint density at radius 3 is 2.62 bits per heavy atom. The van der Waals surface area contributed by atoms with Crippen LogP contribution in [0.5, 0.6) is 5.75 Å². The van der Waals surface area contributed by atoms with Crippen molar-refractivity contribution in [2.45, 2.75) is 52.8 Å². The summed E-state index contributed by atoms with van der Waals surface area (Å²) in [6.07, 6.45) is 0.409. The zero-order chi connectivity index (χ0) is 15.8. The van der Waals surface area contributed by atoms with Gasteiger partial charge in [0.05, 0.1) is 4.47 Å². The van der Waals surface area contributed by atoms with Gasteiger partial charge in [0.15, 0.2) is 6.10 Å². The highest BCUT2D eigenvalue weighted by Crippen LogP contribution is 2.27. The van der Waals surface area contributed by atoms with Gasteiger partial charge >= 0.3 is 0 Å². The van der Waals surface area contributed by atoms with E-state index in [1.54, 1.807) is 6.92 Å². The number of carbonyl (C=O) groups is 1. The van der Waals surface area contributed by atoms with Crippen LogP contribution in [0.2, 0.25) is 0 Å². The second-order valence-corrected chi connectivity index (χ2v) is 6.21. The van der Waals surface area contributed by atoms with Gasteiger partial charge in [-0.15, -0.1) is 0 Å². The minimum atomic E-state index is -0.507. The molecule has 0 aliphatic heterocycles. The Kier molecular flexibility index (Phi) is 7.75. The molecule has 2 N–H and O–H groups in total. The van der Waals surface area contributed by atoms with Crippen molar-refractivity contribution in [2.24, 2.45) is 0 Å². The van der Waals surface area contributed by atoms with Gasteiger partial charge in [0.1, 0.15) is 5.75 Å². The molecule has 4 nitrogen and oxygen atoms in total. The highest BCUT2D eigenvalue weighted by Gasteiger charge is 2.15. The standard InChI is InChI=1S/C16H25BrN2O2/c1-5-8-18-16(20)12(4)21-15-7-6-13(9-14(15)17)10-19-11(2)3/h6-7,9,11-12,19H,5,8,10H2,1-4H3,(H,18,20). The summed E-state index contributed by atoms with van der Waals surface area (Å²) in [6, 6.07) is 6.36. The van der Waals surface area contributed by atoms with Crippen LogP contribution in [0.1, 0.15) is 39.7 Å². The predicted molar refractivity (Wildman–Crippen MR) is 89.5 cm³/mol. The van der Waals surface area contributed by atoms with Gasteiger partial charge in [0.25, 0.3) is 5.91 Å². The van der Waals surface area contributed by atoms with Gasteiger partial charge in [-0.2, -0.15) is 0 Å². The normalized spacial score (nSPS) is 12.3. The van der Waals surface area contributed by atoms with Crippen molar-refractivity contribution < 1.29 is 9.53 Å². The molecular weight excluding hydrogens is 332 g/mol. The Labute approximate surface area is 135 Å². The molecule has 118 valence electrons. The van der Waals surface area contributed by atoms with Gasteiger partial charge in [0, 0.05) is 19.1 Å². The Morgan fingerprint density at radius 1 is 1.33 bits per heavy atom. The van der Waals surface area contributed by atoms with E-state index < -0.39 is 6.10 Å². The maximum atomic E-state index is 11.8. The van der Waals surface area contributed by atoms with E-state index in [0.29, 0.717) is 18.3 Å². The zero-order valence-electron chi connectivity index (χ0n) is 13.2. The van der Waals surface area contributed by atoms with Crippen LogP contribution in [0.4, 0.5) is 0 Å². The summed E-state index contributed by atoms with van der Waals surface area (Å²) < 4.78 is 6.57. The second kappa shape index (κ2) is 9.05. The van der Waals surface area contributed by atoms with Gasteiger partial charge in [-0.05, 0) is 47.0 Å². The van der Waals surface area contributed by atoms with Crippen LogP contribution in [0.15, 0.2) is 22.7 Å². The summed E-state index contributed by atoms with van der Waals surface area (Å²) >= 11 is 3.50. The first kappa shape index (κ1) is 18.0. The summed E-state index contributed by atoms with van der Waals surface area (Å²) in [5, 5.41) is 6.19. The van der Waals surface area contributed by atoms with Gasteiger partial charge in [-0.1, -0.05) is 26.8 Å². The molecule has 0 bridgehead atoms. The molecule has 1 atom stereocenters. The summed E-state index contributed by atoms with van der Waals surface area (Å²) in [5.74, 6) is 0.594. The van der Waals surface area contributed by atoms with E-state index in [1.165, 1.54) is 5.56 Å². The molecule has 1 aromatic carbocycles. The molecule has 21 heavy (non-hydrogen) atoms. The van der Waals surface area contributed by atoms with Crippen molar-refractivity contribution in [2.75, 3.05) is 6.54 Å². The third-order valence-corrected chi connectivity index (χ3v) is 3.55. The number of amides is 1. The third-order valence-electron chi connectivity index (χ3n) is 2.93. The van der Waals surface area contributed by atoms with E-state index in [0.717, 1.165) is 17.4 Å². The summed E-state index contributed by atoms with van der Waals surface area (Å²) in [4.78, 5) is 11.8. The number of benzene rings is 1. The van der Waals surface area contributed by atoms with Crippen LogP contribution in [-0.2, 0) is 11.3 Å². The number of hydrogen-bond acceptors (Lipinski definition) is 3. The van der Waals surface area contributed by atoms with Crippen molar-refractivity contribution in [1.29, 1.82) is 0 Å². The molecule has 0 aliphatic rings. The number of nitrogens with one attached hydrogen (secondary N) is 2. The van der Waals surface area contributed by atoms with E-state index in [-0.39, 0.29) is 5.91 Å². The molecular formula is C16H25BrN2O2. The third kappa shape index (κ3) is 6.48. The fraction of sp³-hybridized carbons (Fsp3) is 0.562. The molecule has 1 rings (SSSR count). The lowest BCUT2D eigenvalue weighted by molar-refractivity contribution is -0.127. The molecule has 0 spiro atoms. The first-order chi connectivity index (χ1) is 9.93. The maximum absolute atomic E-state index is 11.8. The Morgan fingerprint density at radius 2 is 2.05 bits per heavy atom. The van der Waals surface area contributed by atoms with Gasteiger partial charge < -0.3 is 15.4 Å². The SMILES string of the molecule is CCCNC(=O)C(C)Oc1ccc(CNC(C)C)cc1Br. The van der Waals surface area contributed by atoms with Crippen molar-refractivity contribution in [1.82, 2.24) is 10.6 Å². The molecule has 5 heteroatoms. The molecule has 1 unspecified atom stereocenters. The first-order valence-electron chi connectivity index (χ1n) is 7.40. The lowest BCUT2D eigenvalue weighted by Gasteiger charge is -2.16. The van der Waals surface area contributed by atoms with Crippen LogP contribution in [0.3, 0.4) is 0 Å². The number of ether oxygens (including phenoxy) is 1. The average Bonchev–Trinajstić information content (AvgIpc) is 2.44. The molecule has 1 aromatic rings. The van der Waals surface area contributed by atoms with Crippen LogP contribution < -0.4 is 15.4 Å². The molecule has 0 aromatic heterocycles. The largest absolute Gasteiger partial charge is 0.480 e. The Balaban J connectivity index is 2.61. The van der Waals surface area contributed by atoms with Crippen LogP contribution >= 0.6 is 15.9 Å². The molecule has 0 aliphatic carbocycles. The highest BCUT2D eigenvalue weighted by atomic mass is 79.9. The monoisotopic (exact) mass is 356 g/mol. The predicted octanol–water partition coefficient (Wildman–Crippen LogP) is 3.24. The van der Waals surface area contributed by atoms with Crippen molar-refractivity contribution in [3.05, 3.63) is 28.2 Å². The minimum Gasteiger partial charge on any atom is -0.480 e. The van der Waals surface area contributed by atoms with Crippen molar-refractivity contribution in [3.8, 4) is 5.75 Å². The summed E-state index contributed by atoms with van der Waals surface area (Å²) in [6.45, 7) is 9.49. The van der Waals surface area contributed by atoms with Crippen molar-refractivity contribution in [3.63, 3.8) is 0 Å². The summed E-state index contributed by atoms with van der Waals surface area (Å²) in [5.41, 5.74) is 1.17. The van der Waals surface area contributed by atoms with Gasteiger partial charge in [0.2, 0.25) is 0 Å². The summed E-state index contributed by atoms with van der Waals surface area (Å²) in [7, 11) is 0. The van der Waals surface area contributed by atoms with Crippen LogP contribution in [0.25, 0.3) is 0 Å². The van der Waals surface area contributed by atoms with Crippen molar-refractivity contribution >= 4 is 21.8 Å². The lowest BCUT2D eigenvalue weighted by Crippen LogP contribution is -2.36. The smallest absolute Gasteiger partial charge is 0.260 e. The molecule has 0 saturated heterocycles. The number of carbonyl (C=O) groups excluding carboxylic acids is 1. The molecule has 0 saturated carbocycles. The van der Waals surface area contributed by atoms with E-state index in [4.69, 9.17) is 4.74 Å². The fourth-order valence-corrected chi connectivity index (χ4v) is 2.23. The maximum Gasteiger partial charge on any atom is 0.260 e. The number of hydrogen-bond donors (Lipinski definition) is 2. The topological polar surface area (TPSA) is 50.4 Å². The second-order valence-electron chi connectivity index (χ2n) is 5.35.